The van der Waals surface area contributed by atoms with Gasteiger partial charge in [-0.3, -0.25) is 14.9 Å². The predicted molar refractivity (Wildman–Crippen MR) is 69.6 cm³/mol. The van der Waals surface area contributed by atoms with Crippen molar-refractivity contribution in [2.24, 2.45) is 0 Å². The predicted octanol–water partition coefficient (Wildman–Crippen LogP) is 0.0769. The fourth-order valence-electron chi connectivity index (χ4n) is 1.85. The van der Waals surface area contributed by atoms with Gasteiger partial charge in [-0.25, -0.2) is 4.98 Å². The molecule has 0 bridgehead atoms. The van der Waals surface area contributed by atoms with Gasteiger partial charge in [0.05, 0.1) is 24.5 Å². The molecule has 19 heavy (non-hydrogen) atoms. The molecular formula is C11H17N5O3. The third-order valence-corrected chi connectivity index (χ3v) is 2.92. The molecule has 0 aliphatic rings. The van der Waals surface area contributed by atoms with Gasteiger partial charge in [-0.05, 0) is 13.3 Å². The second-order valence-corrected chi connectivity index (χ2v) is 4.28. The van der Waals surface area contributed by atoms with Crippen LogP contribution in [0.25, 0.3) is 11.0 Å². The molecule has 8 nitrogen and oxygen atoms in total. The zero-order chi connectivity index (χ0) is 14.0. The fourth-order valence-corrected chi connectivity index (χ4v) is 1.85. The summed E-state index contributed by atoms with van der Waals surface area (Å²) in [6.07, 6.45) is 0.0340. The Morgan fingerprint density at radius 2 is 2.21 bits per heavy atom. The molecule has 5 N–H and O–H groups in total. The van der Waals surface area contributed by atoms with E-state index in [0.717, 1.165) is 0 Å². The largest absolute Gasteiger partial charge is 0.394 e. The van der Waals surface area contributed by atoms with Crippen LogP contribution < -0.4 is 11.3 Å². The smallest absolute Gasteiger partial charge is 0.280 e. The number of H-pyrrole nitrogens is 2. The third-order valence-electron chi connectivity index (χ3n) is 2.92. The Morgan fingerprint density at radius 3 is 2.84 bits per heavy atom. The Labute approximate surface area is 109 Å². The second kappa shape index (κ2) is 5.37. The highest BCUT2D eigenvalue weighted by Crippen LogP contribution is 2.22. The number of nitrogens with two attached hydrogens (primary N) is 1. The second-order valence-electron chi connectivity index (χ2n) is 4.28. The molecule has 2 rings (SSSR count). The molecule has 1 unspecified atom stereocenters. The van der Waals surface area contributed by atoms with E-state index in [1.54, 1.807) is 6.92 Å². The maximum absolute atomic E-state index is 11.6. The number of aliphatic hydroxyl groups excluding tert-OH is 1. The molecule has 104 valence electrons. The number of nitrogens with zero attached hydrogens (tertiary/aromatic N) is 2. The molecule has 2 heterocycles. The van der Waals surface area contributed by atoms with Crippen molar-refractivity contribution < 1.29 is 9.84 Å². The van der Waals surface area contributed by atoms with Crippen LogP contribution in [0.2, 0.25) is 0 Å². The molecule has 0 saturated carbocycles. The molecule has 8 heteroatoms. The van der Waals surface area contributed by atoms with E-state index in [1.807, 2.05) is 6.92 Å². The lowest BCUT2D eigenvalue weighted by molar-refractivity contribution is -0.0351. The zero-order valence-electron chi connectivity index (χ0n) is 10.8. The fraction of sp³-hybridized carbons (Fsp3) is 0.545. The average molecular weight is 267 g/mol. The number of hydrogen-bond donors (Lipinski definition) is 4. The number of anilines is 1. The van der Waals surface area contributed by atoms with Crippen LogP contribution in [0.4, 0.5) is 5.95 Å². The van der Waals surface area contributed by atoms with Gasteiger partial charge in [-0.1, -0.05) is 6.92 Å². The van der Waals surface area contributed by atoms with Gasteiger partial charge in [0.25, 0.3) is 5.56 Å². The van der Waals surface area contributed by atoms with Crippen molar-refractivity contribution in [2.75, 3.05) is 12.3 Å². The monoisotopic (exact) mass is 267 g/mol. The summed E-state index contributed by atoms with van der Waals surface area (Å²) in [7, 11) is 0. The van der Waals surface area contributed by atoms with E-state index < -0.39 is 5.56 Å². The minimum atomic E-state index is -0.397. The Morgan fingerprint density at radius 1 is 1.47 bits per heavy atom. The standard InChI is InChI=1S/C11H17N5O3/c1-3-6(4-17)19-5(2)7-8-9(16-15-7)10(18)14-11(12)13-8/h5-6,17H,3-4H2,1-2H3,(H,15,16)(H3,12,13,14,18)/t5-,6?/m1/s1. The topological polar surface area (TPSA) is 130 Å². The normalized spacial score (nSPS) is 14.7. The highest BCUT2D eigenvalue weighted by atomic mass is 16.5. The summed E-state index contributed by atoms with van der Waals surface area (Å²) in [5.41, 5.74) is 6.27. The molecule has 0 amide bonds. The number of nitrogen functional groups attached to an aromatic ring is 1. The number of aromatic amines is 2. The van der Waals surface area contributed by atoms with Crippen LogP contribution in [0.15, 0.2) is 4.79 Å². The number of aliphatic hydroxyl groups is 1. The van der Waals surface area contributed by atoms with Gasteiger partial charge >= 0.3 is 0 Å². The van der Waals surface area contributed by atoms with Crippen LogP contribution in [-0.2, 0) is 4.74 Å². The Bertz CT molecular complexity index is 616. The van der Waals surface area contributed by atoms with Crippen molar-refractivity contribution in [1.82, 2.24) is 20.2 Å². The van der Waals surface area contributed by atoms with E-state index in [2.05, 4.69) is 20.2 Å². The van der Waals surface area contributed by atoms with Crippen LogP contribution in [0.1, 0.15) is 32.1 Å². The highest BCUT2D eigenvalue weighted by Gasteiger charge is 2.19. The Hall–Kier alpha value is -1.93. The first-order chi connectivity index (χ1) is 9.06. The van der Waals surface area contributed by atoms with Crippen LogP contribution in [0.5, 0.6) is 0 Å². The van der Waals surface area contributed by atoms with Crippen LogP contribution in [0, 0.1) is 0 Å². The van der Waals surface area contributed by atoms with Gasteiger partial charge in [0.15, 0.2) is 5.52 Å². The van der Waals surface area contributed by atoms with Crippen LogP contribution >= 0.6 is 0 Å². The number of aromatic nitrogens is 4. The summed E-state index contributed by atoms with van der Waals surface area (Å²) in [6, 6.07) is 0. The molecule has 2 atom stereocenters. The molecule has 0 aromatic carbocycles. The SMILES string of the molecule is CCC(CO)O[C@H](C)c1[nH]nc2c(=O)[nH]c(N)nc12. The number of hydrogen-bond acceptors (Lipinski definition) is 6. The molecule has 0 saturated heterocycles. The first-order valence-corrected chi connectivity index (χ1v) is 6.06. The van der Waals surface area contributed by atoms with Gasteiger partial charge in [0.1, 0.15) is 5.52 Å². The summed E-state index contributed by atoms with van der Waals surface area (Å²) < 4.78 is 5.67. The molecule has 0 spiro atoms. The van der Waals surface area contributed by atoms with Gasteiger partial charge < -0.3 is 15.6 Å². The van der Waals surface area contributed by atoms with Crippen LogP contribution in [-0.4, -0.2) is 38.0 Å². The summed E-state index contributed by atoms with van der Waals surface area (Å²) in [5, 5.41) is 15.8. The summed E-state index contributed by atoms with van der Waals surface area (Å²) in [5.74, 6) is 0.0292. The van der Waals surface area contributed by atoms with E-state index >= 15 is 0 Å². The zero-order valence-corrected chi connectivity index (χ0v) is 10.8. The summed E-state index contributed by atoms with van der Waals surface area (Å²) >= 11 is 0. The number of rotatable bonds is 5. The average Bonchev–Trinajstić information content (AvgIpc) is 2.79. The third kappa shape index (κ3) is 2.59. The maximum Gasteiger partial charge on any atom is 0.280 e. The van der Waals surface area contributed by atoms with Crippen molar-refractivity contribution in [3.8, 4) is 0 Å². The van der Waals surface area contributed by atoms with Crippen molar-refractivity contribution in [2.45, 2.75) is 32.5 Å². The lowest BCUT2D eigenvalue weighted by Crippen LogP contribution is -2.19. The van der Waals surface area contributed by atoms with Crippen LogP contribution in [0.3, 0.4) is 0 Å². The first-order valence-electron chi connectivity index (χ1n) is 6.06. The molecule has 0 radical (unpaired) electrons. The maximum atomic E-state index is 11.6. The van der Waals surface area contributed by atoms with E-state index in [4.69, 9.17) is 15.6 Å². The lowest BCUT2D eigenvalue weighted by atomic mass is 10.2. The Kier molecular flexibility index (Phi) is 3.82. The van der Waals surface area contributed by atoms with E-state index in [1.165, 1.54) is 0 Å². The highest BCUT2D eigenvalue weighted by molar-refractivity contribution is 5.77. The molecule has 0 fully saturated rings. The van der Waals surface area contributed by atoms with Gasteiger partial charge in [-0.15, -0.1) is 0 Å². The minimum absolute atomic E-state index is 0.0292. The van der Waals surface area contributed by atoms with Gasteiger partial charge in [-0.2, -0.15) is 5.10 Å². The number of fused-ring (bicyclic) bond motifs is 1. The Balaban J connectivity index is 2.37. The molecule has 2 aromatic rings. The van der Waals surface area contributed by atoms with Crippen molar-refractivity contribution in [3.63, 3.8) is 0 Å². The number of ether oxygens (including phenoxy) is 1. The minimum Gasteiger partial charge on any atom is -0.394 e. The van der Waals surface area contributed by atoms with Crippen molar-refractivity contribution >= 4 is 17.0 Å². The number of nitrogens with one attached hydrogen (secondary N) is 2. The first kappa shape index (κ1) is 13.5. The van der Waals surface area contributed by atoms with Crippen molar-refractivity contribution in [1.29, 1.82) is 0 Å². The molecular weight excluding hydrogens is 250 g/mol. The van der Waals surface area contributed by atoms with E-state index in [-0.39, 0.29) is 30.3 Å². The van der Waals surface area contributed by atoms with E-state index in [9.17, 15) is 4.79 Å². The molecule has 0 aliphatic carbocycles. The summed E-state index contributed by atoms with van der Waals surface area (Å²) in [4.78, 5) is 18.1. The quantitative estimate of drug-likeness (QED) is 0.606. The van der Waals surface area contributed by atoms with Gasteiger partial charge in [0, 0.05) is 0 Å². The molecule has 2 aromatic heterocycles. The lowest BCUT2D eigenvalue weighted by Gasteiger charge is -2.18. The summed E-state index contributed by atoms with van der Waals surface area (Å²) in [6.45, 7) is 3.65. The van der Waals surface area contributed by atoms with Crippen molar-refractivity contribution in [3.05, 3.63) is 16.0 Å². The van der Waals surface area contributed by atoms with E-state index in [0.29, 0.717) is 17.6 Å². The van der Waals surface area contributed by atoms with Gasteiger partial charge in [0.2, 0.25) is 5.95 Å². The molecule has 0 aliphatic heterocycles.